The lowest BCUT2D eigenvalue weighted by Gasteiger charge is -2.20. The molecule has 0 saturated carbocycles. The summed E-state index contributed by atoms with van der Waals surface area (Å²) < 4.78 is 10.7. The van der Waals surface area contributed by atoms with Crippen molar-refractivity contribution in [3.8, 4) is 0 Å². The lowest BCUT2D eigenvalue weighted by Crippen LogP contribution is -2.33. The zero-order valence-corrected chi connectivity index (χ0v) is 9.43. The third-order valence-electron chi connectivity index (χ3n) is 2.13. The highest BCUT2D eigenvalue weighted by Crippen LogP contribution is 2.14. The standard InChI is InChI=1S/C9H20O2Si/c1-4-5-12(2,3)8-10-6-9-7-11-9/h9H,4-8H2,1-3H3. The lowest BCUT2D eigenvalue weighted by molar-refractivity contribution is 0.149. The zero-order chi connectivity index (χ0) is 9.03. The van der Waals surface area contributed by atoms with Crippen LogP contribution in [-0.2, 0) is 9.47 Å². The molecule has 0 aromatic rings. The Morgan fingerprint density at radius 2 is 2.17 bits per heavy atom. The average molecular weight is 188 g/mol. The Morgan fingerprint density at radius 3 is 2.67 bits per heavy atom. The summed E-state index contributed by atoms with van der Waals surface area (Å²) in [7, 11) is -1.02. The summed E-state index contributed by atoms with van der Waals surface area (Å²) in [5, 5.41) is 0. The molecule has 0 aromatic carbocycles. The van der Waals surface area contributed by atoms with Crippen LogP contribution in [0.15, 0.2) is 0 Å². The van der Waals surface area contributed by atoms with Crippen LogP contribution >= 0.6 is 0 Å². The topological polar surface area (TPSA) is 21.8 Å². The van der Waals surface area contributed by atoms with E-state index >= 15 is 0 Å². The molecule has 72 valence electrons. The molecule has 0 aliphatic carbocycles. The molecule has 1 fully saturated rings. The van der Waals surface area contributed by atoms with Crippen LogP contribution in [0, 0.1) is 0 Å². The maximum atomic E-state index is 5.61. The second-order valence-electron chi connectivity index (χ2n) is 4.38. The molecule has 1 aliphatic heterocycles. The Bertz CT molecular complexity index is 132. The summed E-state index contributed by atoms with van der Waals surface area (Å²) in [6.45, 7) is 8.77. The van der Waals surface area contributed by atoms with Gasteiger partial charge in [-0.2, -0.15) is 0 Å². The minimum Gasteiger partial charge on any atom is -0.382 e. The average Bonchev–Trinajstić information content (AvgIpc) is 2.70. The SMILES string of the molecule is CCC[Si](C)(C)COCC1CO1. The molecule has 2 nitrogen and oxygen atoms in total. The number of hydrogen-bond donors (Lipinski definition) is 0. The van der Waals surface area contributed by atoms with Gasteiger partial charge in [-0.1, -0.05) is 32.5 Å². The van der Waals surface area contributed by atoms with Gasteiger partial charge in [-0.15, -0.1) is 0 Å². The van der Waals surface area contributed by atoms with Crippen LogP contribution in [0.3, 0.4) is 0 Å². The highest BCUT2D eigenvalue weighted by molar-refractivity contribution is 6.77. The van der Waals surface area contributed by atoms with E-state index in [0.717, 1.165) is 19.4 Å². The number of ether oxygens (including phenoxy) is 2. The van der Waals surface area contributed by atoms with E-state index in [0.29, 0.717) is 6.10 Å². The first-order valence-electron chi connectivity index (χ1n) is 4.83. The van der Waals surface area contributed by atoms with Gasteiger partial charge >= 0.3 is 0 Å². The highest BCUT2D eigenvalue weighted by Gasteiger charge is 2.25. The maximum absolute atomic E-state index is 5.61. The fourth-order valence-corrected chi connectivity index (χ4v) is 3.55. The third kappa shape index (κ3) is 4.23. The fourth-order valence-electron chi connectivity index (χ4n) is 1.38. The Kier molecular flexibility index (Phi) is 3.74. The smallest absolute Gasteiger partial charge is 0.104 e. The highest BCUT2D eigenvalue weighted by atomic mass is 28.3. The van der Waals surface area contributed by atoms with Gasteiger partial charge in [0.1, 0.15) is 6.10 Å². The van der Waals surface area contributed by atoms with E-state index in [9.17, 15) is 0 Å². The molecule has 12 heavy (non-hydrogen) atoms. The predicted octanol–water partition coefficient (Wildman–Crippen LogP) is 2.06. The van der Waals surface area contributed by atoms with Crippen LogP contribution in [0.25, 0.3) is 0 Å². The zero-order valence-electron chi connectivity index (χ0n) is 8.43. The molecular weight excluding hydrogens is 168 g/mol. The van der Waals surface area contributed by atoms with Gasteiger partial charge in [-0.25, -0.2) is 0 Å². The molecule has 0 N–H and O–H groups in total. The Morgan fingerprint density at radius 1 is 1.50 bits per heavy atom. The molecule has 1 atom stereocenters. The minimum atomic E-state index is -1.02. The van der Waals surface area contributed by atoms with Gasteiger partial charge in [0.15, 0.2) is 0 Å². The summed E-state index contributed by atoms with van der Waals surface area (Å²) >= 11 is 0. The molecule has 1 rings (SSSR count). The van der Waals surface area contributed by atoms with Gasteiger partial charge in [0.2, 0.25) is 0 Å². The first-order chi connectivity index (χ1) is 5.64. The van der Waals surface area contributed by atoms with Crippen molar-refractivity contribution in [1.82, 2.24) is 0 Å². The summed E-state index contributed by atoms with van der Waals surface area (Å²) in [6, 6.07) is 1.37. The summed E-state index contributed by atoms with van der Waals surface area (Å²) in [6.07, 6.45) is 2.72. The van der Waals surface area contributed by atoms with Crippen molar-refractivity contribution in [2.45, 2.75) is 38.6 Å². The van der Waals surface area contributed by atoms with Crippen LogP contribution in [0.1, 0.15) is 13.3 Å². The van der Waals surface area contributed by atoms with Crippen molar-refractivity contribution >= 4 is 8.07 Å². The van der Waals surface area contributed by atoms with Crippen LogP contribution in [0.2, 0.25) is 19.1 Å². The second-order valence-corrected chi connectivity index (χ2v) is 9.50. The van der Waals surface area contributed by atoms with E-state index in [1.165, 1.54) is 12.5 Å². The van der Waals surface area contributed by atoms with Gasteiger partial charge in [-0.3, -0.25) is 0 Å². The molecule has 0 radical (unpaired) electrons. The molecule has 0 spiro atoms. The Labute approximate surface area is 76.3 Å². The van der Waals surface area contributed by atoms with Crippen LogP contribution in [-0.4, -0.2) is 33.6 Å². The van der Waals surface area contributed by atoms with Gasteiger partial charge in [-0.05, 0) is 0 Å². The van der Waals surface area contributed by atoms with Crippen molar-refractivity contribution in [1.29, 1.82) is 0 Å². The first kappa shape index (κ1) is 10.2. The van der Waals surface area contributed by atoms with Crippen LogP contribution in [0.5, 0.6) is 0 Å². The van der Waals surface area contributed by atoms with Crippen LogP contribution in [0.4, 0.5) is 0 Å². The van der Waals surface area contributed by atoms with E-state index in [1.807, 2.05) is 0 Å². The molecule has 0 aromatic heterocycles. The van der Waals surface area contributed by atoms with Crippen molar-refractivity contribution in [2.75, 3.05) is 19.4 Å². The van der Waals surface area contributed by atoms with Gasteiger partial charge in [0, 0.05) is 6.23 Å². The molecule has 0 amide bonds. The summed E-state index contributed by atoms with van der Waals surface area (Å²) in [4.78, 5) is 0. The quantitative estimate of drug-likeness (QED) is 0.470. The molecular formula is C9H20O2Si. The third-order valence-corrected chi connectivity index (χ3v) is 4.96. The van der Waals surface area contributed by atoms with Gasteiger partial charge in [0.25, 0.3) is 0 Å². The molecule has 1 aliphatic rings. The summed E-state index contributed by atoms with van der Waals surface area (Å²) in [5.41, 5.74) is 0. The molecule has 1 heterocycles. The van der Waals surface area contributed by atoms with Gasteiger partial charge in [0.05, 0.1) is 21.3 Å². The number of rotatable bonds is 6. The normalized spacial score (nSPS) is 22.8. The molecule has 1 unspecified atom stereocenters. The second kappa shape index (κ2) is 4.39. The largest absolute Gasteiger partial charge is 0.382 e. The monoisotopic (exact) mass is 188 g/mol. The lowest BCUT2D eigenvalue weighted by atomic mass is 10.5. The van der Waals surface area contributed by atoms with E-state index in [-0.39, 0.29) is 0 Å². The van der Waals surface area contributed by atoms with E-state index in [2.05, 4.69) is 20.0 Å². The molecule has 0 bridgehead atoms. The van der Waals surface area contributed by atoms with Crippen LogP contribution < -0.4 is 0 Å². The molecule has 1 saturated heterocycles. The fraction of sp³-hybridized carbons (Fsp3) is 1.00. The number of hydrogen-bond acceptors (Lipinski definition) is 2. The van der Waals surface area contributed by atoms with E-state index in [1.54, 1.807) is 0 Å². The maximum Gasteiger partial charge on any atom is 0.104 e. The van der Waals surface area contributed by atoms with Crippen molar-refractivity contribution in [3.63, 3.8) is 0 Å². The van der Waals surface area contributed by atoms with E-state index < -0.39 is 8.07 Å². The predicted molar refractivity (Wildman–Crippen MR) is 53.1 cm³/mol. The molecule has 3 heteroatoms. The Hall–Kier alpha value is 0.137. The number of epoxide rings is 1. The van der Waals surface area contributed by atoms with E-state index in [4.69, 9.17) is 9.47 Å². The summed E-state index contributed by atoms with van der Waals surface area (Å²) in [5.74, 6) is 0. The van der Waals surface area contributed by atoms with Crippen molar-refractivity contribution < 1.29 is 9.47 Å². The minimum absolute atomic E-state index is 0.427. The van der Waals surface area contributed by atoms with Gasteiger partial charge < -0.3 is 9.47 Å². The first-order valence-corrected chi connectivity index (χ1v) is 8.25. The Balaban J connectivity index is 2.01. The van der Waals surface area contributed by atoms with Crippen molar-refractivity contribution in [3.05, 3.63) is 0 Å². The van der Waals surface area contributed by atoms with Crippen molar-refractivity contribution in [2.24, 2.45) is 0 Å².